The fourth-order valence-electron chi connectivity index (χ4n) is 2.71. The van der Waals surface area contributed by atoms with Crippen molar-refractivity contribution in [3.8, 4) is 5.75 Å². The van der Waals surface area contributed by atoms with Gasteiger partial charge in [-0.25, -0.2) is 9.78 Å². The van der Waals surface area contributed by atoms with Gasteiger partial charge < -0.3 is 14.4 Å². The second kappa shape index (κ2) is 6.35. The molecule has 2 heterocycles. The van der Waals surface area contributed by atoms with Crippen LogP contribution < -0.4 is 4.74 Å². The van der Waals surface area contributed by atoms with Crippen LogP contribution in [0.15, 0.2) is 42.5 Å². The number of aromatic nitrogens is 2. The molecule has 0 aliphatic carbocycles. The molecular weight excluding hydrogens is 304 g/mol. The van der Waals surface area contributed by atoms with E-state index >= 15 is 0 Å². The maximum Gasteiger partial charge on any atom is 0.344 e. The number of rotatable bonds is 5. The number of benzene rings is 1. The summed E-state index contributed by atoms with van der Waals surface area (Å²) in [6.45, 7) is 6.22. The van der Waals surface area contributed by atoms with Crippen molar-refractivity contribution in [1.29, 1.82) is 0 Å². The maximum atomic E-state index is 10.9. The van der Waals surface area contributed by atoms with Crippen LogP contribution in [0.4, 0.5) is 0 Å². The van der Waals surface area contributed by atoms with Gasteiger partial charge in [0.1, 0.15) is 11.4 Å². The summed E-state index contributed by atoms with van der Waals surface area (Å²) in [6.07, 6.45) is -0.876. The number of aliphatic carboxylic acids is 1. The molecule has 0 aliphatic rings. The Morgan fingerprint density at radius 3 is 2.79 bits per heavy atom. The van der Waals surface area contributed by atoms with Crippen molar-refractivity contribution in [3.63, 3.8) is 0 Å². The molecule has 124 valence electrons. The summed E-state index contributed by atoms with van der Waals surface area (Å²) in [5.74, 6) is -0.423. The van der Waals surface area contributed by atoms with Crippen molar-refractivity contribution in [2.24, 2.45) is 0 Å². The van der Waals surface area contributed by atoms with Crippen LogP contribution in [-0.4, -0.2) is 26.7 Å². The molecule has 3 aromatic rings. The Morgan fingerprint density at radius 2 is 2.04 bits per heavy atom. The van der Waals surface area contributed by atoms with Crippen molar-refractivity contribution in [3.05, 3.63) is 59.4 Å². The highest BCUT2D eigenvalue weighted by Gasteiger charge is 2.13. The van der Waals surface area contributed by atoms with Gasteiger partial charge in [0, 0.05) is 23.3 Å². The smallest absolute Gasteiger partial charge is 0.344 e. The third-order valence-electron chi connectivity index (χ3n) is 3.99. The predicted molar refractivity (Wildman–Crippen MR) is 92.5 cm³/mol. The highest BCUT2D eigenvalue weighted by molar-refractivity contribution is 5.77. The first-order valence-corrected chi connectivity index (χ1v) is 7.86. The van der Waals surface area contributed by atoms with Gasteiger partial charge in [-0.1, -0.05) is 12.1 Å². The molecule has 1 aromatic carbocycles. The van der Waals surface area contributed by atoms with E-state index in [0.717, 1.165) is 28.0 Å². The van der Waals surface area contributed by atoms with Crippen LogP contribution in [0.3, 0.4) is 0 Å². The Kier molecular flexibility index (Phi) is 4.25. The molecular formula is C19H20N2O3. The molecule has 1 atom stereocenters. The van der Waals surface area contributed by atoms with E-state index in [1.807, 2.05) is 31.2 Å². The van der Waals surface area contributed by atoms with E-state index in [1.54, 1.807) is 6.07 Å². The number of carboxylic acid groups (broad SMARTS) is 1. The quantitative estimate of drug-likeness (QED) is 0.779. The van der Waals surface area contributed by atoms with Gasteiger partial charge in [0.15, 0.2) is 6.10 Å². The summed E-state index contributed by atoms with van der Waals surface area (Å²) in [4.78, 5) is 15.6. The fraction of sp³-hybridized carbons (Fsp3) is 0.263. The summed E-state index contributed by atoms with van der Waals surface area (Å²) in [5.41, 5.74) is 4.11. The second-order valence-corrected chi connectivity index (χ2v) is 5.98. The molecule has 0 fully saturated rings. The fourth-order valence-corrected chi connectivity index (χ4v) is 2.71. The van der Waals surface area contributed by atoms with E-state index in [2.05, 4.69) is 28.6 Å². The topological polar surface area (TPSA) is 64.3 Å². The summed E-state index contributed by atoms with van der Waals surface area (Å²) in [7, 11) is 0. The van der Waals surface area contributed by atoms with Crippen LogP contribution in [0.25, 0.3) is 11.0 Å². The molecule has 0 spiro atoms. The number of carboxylic acids is 1. The lowest BCUT2D eigenvalue weighted by Crippen LogP contribution is -2.22. The van der Waals surface area contributed by atoms with Gasteiger partial charge in [0.25, 0.3) is 0 Å². The van der Waals surface area contributed by atoms with E-state index in [4.69, 9.17) is 9.84 Å². The Balaban J connectivity index is 1.90. The summed E-state index contributed by atoms with van der Waals surface area (Å²) < 4.78 is 7.60. The molecule has 0 radical (unpaired) electrons. The minimum absolute atomic E-state index is 0.556. The molecule has 0 saturated heterocycles. The minimum atomic E-state index is -0.979. The molecule has 5 heteroatoms. The van der Waals surface area contributed by atoms with E-state index in [-0.39, 0.29) is 0 Å². The zero-order chi connectivity index (χ0) is 17.3. The average molecular weight is 324 g/mol. The number of hydrogen-bond acceptors (Lipinski definition) is 3. The van der Waals surface area contributed by atoms with E-state index in [9.17, 15) is 4.79 Å². The molecule has 0 aliphatic heterocycles. The normalized spacial score (nSPS) is 12.3. The summed E-state index contributed by atoms with van der Waals surface area (Å²) in [6, 6.07) is 13.7. The van der Waals surface area contributed by atoms with Gasteiger partial charge in [0.2, 0.25) is 0 Å². The predicted octanol–water partition coefficient (Wildman–Crippen LogP) is 3.55. The molecule has 24 heavy (non-hydrogen) atoms. The Labute approximate surface area is 140 Å². The van der Waals surface area contributed by atoms with Gasteiger partial charge in [-0.15, -0.1) is 0 Å². The first-order valence-electron chi connectivity index (χ1n) is 7.86. The number of nitrogens with zero attached hydrogens (tertiary/aromatic N) is 2. The lowest BCUT2D eigenvalue weighted by atomic mass is 10.2. The number of ether oxygens (including phenoxy) is 1. The van der Waals surface area contributed by atoms with E-state index in [1.165, 1.54) is 6.92 Å². The number of fused-ring (bicyclic) bond motifs is 1. The van der Waals surface area contributed by atoms with Crippen LogP contribution in [0, 0.1) is 13.8 Å². The Morgan fingerprint density at radius 1 is 1.25 bits per heavy atom. The highest BCUT2D eigenvalue weighted by Crippen LogP contribution is 2.22. The zero-order valence-electron chi connectivity index (χ0n) is 14.0. The third kappa shape index (κ3) is 3.25. The lowest BCUT2D eigenvalue weighted by Gasteiger charge is -2.13. The van der Waals surface area contributed by atoms with Gasteiger partial charge in [-0.3, -0.25) is 0 Å². The van der Waals surface area contributed by atoms with Crippen molar-refractivity contribution < 1.29 is 14.6 Å². The van der Waals surface area contributed by atoms with Gasteiger partial charge in [-0.2, -0.15) is 0 Å². The number of carbonyl (C=O) groups is 1. The summed E-state index contributed by atoms with van der Waals surface area (Å²) in [5, 5.41) is 10.1. The van der Waals surface area contributed by atoms with Crippen molar-refractivity contribution in [2.75, 3.05) is 0 Å². The standard InChI is InChI=1S/C19H20N2O3/c1-12-7-8-16-9-13(2)21(18(16)20-12)11-15-5-4-6-17(10-15)24-14(3)19(22)23/h4-10,14H,11H2,1-3H3,(H,22,23)/t14-/m0/s1. The van der Waals surface area contributed by atoms with Crippen molar-refractivity contribution >= 4 is 17.0 Å². The summed E-state index contributed by atoms with van der Waals surface area (Å²) >= 11 is 0. The molecule has 2 aromatic heterocycles. The molecule has 0 unspecified atom stereocenters. The van der Waals surface area contributed by atoms with Crippen LogP contribution in [0.1, 0.15) is 23.9 Å². The average Bonchev–Trinajstić information content (AvgIpc) is 2.83. The van der Waals surface area contributed by atoms with Crippen LogP contribution in [-0.2, 0) is 11.3 Å². The number of aryl methyl sites for hydroxylation is 2. The monoisotopic (exact) mass is 324 g/mol. The SMILES string of the molecule is Cc1ccc2cc(C)n(Cc3cccc(O[C@@H](C)C(=O)O)c3)c2n1. The number of hydrogen-bond donors (Lipinski definition) is 1. The van der Waals surface area contributed by atoms with Gasteiger partial charge in [0.05, 0.1) is 0 Å². The number of pyridine rings is 1. The van der Waals surface area contributed by atoms with Crippen LogP contribution in [0.5, 0.6) is 5.75 Å². The third-order valence-corrected chi connectivity index (χ3v) is 3.99. The second-order valence-electron chi connectivity index (χ2n) is 5.98. The Hall–Kier alpha value is -2.82. The first-order chi connectivity index (χ1) is 11.4. The van der Waals surface area contributed by atoms with Crippen molar-refractivity contribution in [1.82, 2.24) is 9.55 Å². The minimum Gasteiger partial charge on any atom is -0.479 e. The first kappa shape index (κ1) is 16.1. The zero-order valence-corrected chi connectivity index (χ0v) is 14.0. The molecule has 5 nitrogen and oxygen atoms in total. The Bertz CT molecular complexity index is 899. The molecule has 0 amide bonds. The largest absolute Gasteiger partial charge is 0.479 e. The van der Waals surface area contributed by atoms with E-state index < -0.39 is 12.1 Å². The lowest BCUT2D eigenvalue weighted by molar-refractivity contribution is -0.144. The van der Waals surface area contributed by atoms with Gasteiger partial charge in [-0.05, 0) is 56.7 Å². The maximum absolute atomic E-state index is 10.9. The highest BCUT2D eigenvalue weighted by atomic mass is 16.5. The molecule has 3 rings (SSSR count). The van der Waals surface area contributed by atoms with Crippen LogP contribution in [0.2, 0.25) is 0 Å². The van der Waals surface area contributed by atoms with E-state index in [0.29, 0.717) is 12.3 Å². The van der Waals surface area contributed by atoms with Crippen molar-refractivity contribution in [2.45, 2.75) is 33.4 Å². The molecule has 0 saturated carbocycles. The van der Waals surface area contributed by atoms with Crippen LogP contribution >= 0.6 is 0 Å². The molecule has 1 N–H and O–H groups in total. The van der Waals surface area contributed by atoms with Gasteiger partial charge >= 0.3 is 5.97 Å². The molecule has 0 bridgehead atoms.